The van der Waals surface area contributed by atoms with Crippen LogP contribution in [0.15, 0.2) is 72.8 Å². The first-order chi connectivity index (χ1) is 11.1. The molecule has 0 aromatic heterocycles. The van der Waals surface area contributed by atoms with Crippen LogP contribution in [0.25, 0.3) is 0 Å². The molecule has 3 aromatic rings. The summed E-state index contributed by atoms with van der Waals surface area (Å²) in [6.07, 6.45) is -0.663. The van der Waals surface area contributed by atoms with Gasteiger partial charge < -0.3 is 10.2 Å². The Balaban J connectivity index is 2.00. The molecule has 0 radical (unpaired) electrons. The van der Waals surface area contributed by atoms with Crippen molar-refractivity contribution >= 4 is 19.2 Å². The molecule has 0 aliphatic carbocycles. The monoisotopic (exact) mass is 322 g/mol. The number of rotatable bonds is 4. The van der Waals surface area contributed by atoms with E-state index in [-0.39, 0.29) is 0 Å². The standard InChI is InChI=1S/C20H19O2P/c1-14-11-12-18(23-19-10-6-5-9-17(19)21)16(13-14)20(22)15-7-3-2-4-8-15/h2-13,20-23H,1H3. The van der Waals surface area contributed by atoms with Crippen molar-refractivity contribution in [3.05, 3.63) is 89.5 Å². The second-order valence-corrected chi connectivity index (χ2v) is 6.87. The Morgan fingerprint density at radius 1 is 0.826 bits per heavy atom. The van der Waals surface area contributed by atoms with E-state index in [0.717, 1.165) is 27.3 Å². The number of aromatic hydroxyl groups is 1. The maximum Gasteiger partial charge on any atom is 0.123 e. The highest BCUT2D eigenvalue weighted by molar-refractivity contribution is 7.55. The minimum atomic E-state index is -0.663. The average Bonchev–Trinajstić information content (AvgIpc) is 2.58. The van der Waals surface area contributed by atoms with Gasteiger partial charge in [0.25, 0.3) is 0 Å². The predicted octanol–water partition coefficient (Wildman–Crippen LogP) is 3.41. The molecule has 23 heavy (non-hydrogen) atoms. The Morgan fingerprint density at radius 2 is 1.52 bits per heavy atom. The van der Waals surface area contributed by atoms with Gasteiger partial charge in [-0.25, -0.2) is 0 Å². The summed E-state index contributed by atoms with van der Waals surface area (Å²) in [4.78, 5) is 0. The van der Waals surface area contributed by atoms with E-state index < -0.39 is 6.10 Å². The van der Waals surface area contributed by atoms with Crippen LogP contribution in [0.4, 0.5) is 0 Å². The van der Waals surface area contributed by atoms with E-state index in [1.165, 1.54) is 0 Å². The van der Waals surface area contributed by atoms with Crippen LogP contribution in [0.1, 0.15) is 22.8 Å². The first kappa shape index (κ1) is 15.7. The lowest BCUT2D eigenvalue weighted by Gasteiger charge is -2.17. The zero-order valence-corrected chi connectivity index (χ0v) is 13.9. The first-order valence-corrected chi connectivity index (χ1v) is 8.54. The van der Waals surface area contributed by atoms with Crippen LogP contribution in [0.5, 0.6) is 5.75 Å². The van der Waals surface area contributed by atoms with Crippen LogP contribution in [0, 0.1) is 6.92 Å². The second kappa shape index (κ2) is 6.95. The van der Waals surface area contributed by atoms with Gasteiger partial charge in [0, 0.05) is 5.30 Å². The molecule has 0 aliphatic heterocycles. The zero-order chi connectivity index (χ0) is 16.2. The Hall–Kier alpha value is -2.15. The Bertz CT molecular complexity index is 800. The molecule has 0 amide bonds. The third kappa shape index (κ3) is 3.61. The van der Waals surface area contributed by atoms with Crippen LogP contribution in [-0.2, 0) is 0 Å². The molecule has 0 aliphatic rings. The van der Waals surface area contributed by atoms with Crippen molar-refractivity contribution in [1.82, 2.24) is 0 Å². The van der Waals surface area contributed by atoms with Gasteiger partial charge >= 0.3 is 0 Å². The maximum absolute atomic E-state index is 10.8. The van der Waals surface area contributed by atoms with Crippen LogP contribution < -0.4 is 10.6 Å². The lowest BCUT2D eigenvalue weighted by molar-refractivity contribution is 0.221. The van der Waals surface area contributed by atoms with Gasteiger partial charge in [-0.1, -0.05) is 80.9 Å². The molecule has 2 nitrogen and oxygen atoms in total. The Morgan fingerprint density at radius 3 is 2.26 bits per heavy atom. The van der Waals surface area contributed by atoms with E-state index in [1.54, 1.807) is 6.07 Å². The fraction of sp³-hybridized carbons (Fsp3) is 0.100. The molecule has 0 saturated heterocycles. The number of benzene rings is 3. The molecule has 3 rings (SSSR count). The molecule has 3 heteroatoms. The summed E-state index contributed by atoms with van der Waals surface area (Å²) in [7, 11) is 0.298. The topological polar surface area (TPSA) is 40.5 Å². The number of aliphatic hydroxyl groups is 1. The molecular formula is C20H19O2P. The van der Waals surface area contributed by atoms with Gasteiger partial charge in [0.1, 0.15) is 11.9 Å². The summed E-state index contributed by atoms with van der Waals surface area (Å²) in [5.41, 5.74) is 2.89. The van der Waals surface area contributed by atoms with Gasteiger partial charge in [-0.3, -0.25) is 0 Å². The van der Waals surface area contributed by atoms with Crippen LogP contribution >= 0.6 is 8.58 Å². The summed E-state index contributed by atoms with van der Waals surface area (Å²) >= 11 is 0. The normalized spacial score (nSPS) is 12.6. The van der Waals surface area contributed by atoms with E-state index in [9.17, 15) is 10.2 Å². The third-order valence-corrected chi connectivity index (χ3v) is 5.21. The SMILES string of the molecule is Cc1ccc(Pc2ccccc2O)c(C(O)c2ccccc2)c1. The van der Waals surface area contributed by atoms with Gasteiger partial charge in [-0.05, 0) is 29.4 Å². The maximum atomic E-state index is 10.8. The lowest BCUT2D eigenvalue weighted by Crippen LogP contribution is -2.14. The molecular weight excluding hydrogens is 303 g/mol. The molecule has 0 heterocycles. The minimum absolute atomic E-state index is 0.298. The summed E-state index contributed by atoms with van der Waals surface area (Å²) in [5.74, 6) is 0.298. The van der Waals surface area contributed by atoms with Crippen molar-refractivity contribution in [3.8, 4) is 5.75 Å². The molecule has 0 bridgehead atoms. The van der Waals surface area contributed by atoms with Crippen LogP contribution in [0.3, 0.4) is 0 Å². The molecule has 2 N–H and O–H groups in total. The van der Waals surface area contributed by atoms with Crippen molar-refractivity contribution in [2.45, 2.75) is 13.0 Å². The van der Waals surface area contributed by atoms with Gasteiger partial charge in [0.2, 0.25) is 0 Å². The molecule has 3 aromatic carbocycles. The molecule has 2 atom stereocenters. The lowest BCUT2D eigenvalue weighted by atomic mass is 10.00. The number of aryl methyl sites for hydroxylation is 1. The quantitative estimate of drug-likeness (QED) is 0.723. The van der Waals surface area contributed by atoms with E-state index in [4.69, 9.17) is 0 Å². The second-order valence-electron chi connectivity index (χ2n) is 5.55. The van der Waals surface area contributed by atoms with E-state index in [0.29, 0.717) is 14.3 Å². The van der Waals surface area contributed by atoms with Crippen molar-refractivity contribution in [2.75, 3.05) is 0 Å². The zero-order valence-electron chi connectivity index (χ0n) is 12.9. The fourth-order valence-electron chi connectivity index (χ4n) is 2.56. The van der Waals surface area contributed by atoms with Gasteiger partial charge in [0.05, 0.1) is 0 Å². The summed E-state index contributed by atoms with van der Waals surface area (Å²) in [6, 6.07) is 23.1. The number of para-hydroxylation sites is 1. The van der Waals surface area contributed by atoms with Crippen molar-refractivity contribution < 1.29 is 10.2 Å². The van der Waals surface area contributed by atoms with E-state index in [2.05, 4.69) is 0 Å². The number of hydrogen-bond donors (Lipinski definition) is 2. The summed E-state index contributed by atoms with van der Waals surface area (Å²) < 4.78 is 0. The third-order valence-electron chi connectivity index (χ3n) is 3.79. The molecule has 2 unspecified atom stereocenters. The first-order valence-electron chi connectivity index (χ1n) is 7.54. The molecule has 0 spiro atoms. The van der Waals surface area contributed by atoms with Crippen LogP contribution in [0.2, 0.25) is 0 Å². The number of hydrogen-bond acceptors (Lipinski definition) is 2. The van der Waals surface area contributed by atoms with Crippen LogP contribution in [-0.4, -0.2) is 10.2 Å². The van der Waals surface area contributed by atoms with Crippen molar-refractivity contribution in [3.63, 3.8) is 0 Å². The highest BCUT2D eigenvalue weighted by atomic mass is 31.1. The molecule has 0 saturated carbocycles. The van der Waals surface area contributed by atoms with E-state index in [1.807, 2.05) is 73.7 Å². The van der Waals surface area contributed by atoms with Crippen molar-refractivity contribution in [2.24, 2.45) is 0 Å². The smallest absolute Gasteiger partial charge is 0.123 e. The fourth-order valence-corrected chi connectivity index (χ4v) is 3.76. The largest absolute Gasteiger partial charge is 0.507 e. The van der Waals surface area contributed by atoms with Crippen molar-refractivity contribution in [1.29, 1.82) is 0 Å². The number of phenols is 1. The molecule has 116 valence electrons. The van der Waals surface area contributed by atoms with Gasteiger partial charge in [-0.15, -0.1) is 0 Å². The number of phenolic OH excluding ortho intramolecular Hbond substituents is 1. The van der Waals surface area contributed by atoms with Gasteiger partial charge in [-0.2, -0.15) is 0 Å². The summed E-state index contributed by atoms with van der Waals surface area (Å²) in [5, 5.41) is 22.7. The highest BCUT2D eigenvalue weighted by Crippen LogP contribution is 2.27. The summed E-state index contributed by atoms with van der Waals surface area (Å²) in [6.45, 7) is 2.02. The highest BCUT2D eigenvalue weighted by Gasteiger charge is 2.15. The minimum Gasteiger partial charge on any atom is -0.507 e. The predicted molar refractivity (Wildman–Crippen MR) is 97.4 cm³/mol. The Kier molecular flexibility index (Phi) is 4.76. The molecule has 0 fully saturated rings. The van der Waals surface area contributed by atoms with Gasteiger partial charge in [0.15, 0.2) is 0 Å². The Labute approximate surface area is 138 Å². The van der Waals surface area contributed by atoms with E-state index >= 15 is 0 Å². The average molecular weight is 322 g/mol. The number of aliphatic hydroxyl groups excluding tert-OH is 1.